The van der Waals surface area contributed by atoms with Gasteiger partial charge in [-0.15, -0.1) is 0 Å². The van der Waals surface area contributed by atoms with Crippen molar-refractivity contribution in [2.24, 2.45) is 0 Å². The highest BCUT2D eigenvalue weighted by molar-refractivity contribution is 5.95. The van der Waals surface area contributed by atoms with E-state index in [0.717, 1.165) is 0 Å². The Labute approximate surface area is 87.4 Å². The van der Waals surface area contributed by atoms with Crippen molar-refractivity contribution in [2.45, 2.75) is 6.92 Å². The van der Waals surface area contributed by atoms with Crippen LogP contribution in [0.25, 0.3) is 0 Å². The van der Waals surface area contributed by atoms with Crippen LogP contribution in [-0.2, 0) is 0 Å². The van der Waals surface area contributed by atoms with Gasteiger partial charge in [0.1, 0.15) is 5.56 Å². The third-order valence-corrected chi connectivity index (χ3v) is 2.08. The molecule has 0 aliphatic carbocycles. The Morgan fingerprint density at radius 3 is 2.27 bits per heavy atom. The van der Waals surface area contributed by atoms with E-state index in [9.17, 15) is 4.79 Å². The number of carboxylic acids is 1. The van der Waals surface area contributed by atoms with E-state index in [-0.39, 0.29) is 17.1 Å². The van der Waals surface area contributed by atoms with E-state index in [1.54, 1.807) is 13.0 Å². The number of nitrogen functional groups attached to an aromatic ring is 1. The molecule has 0 aromatic heterocycles. The fourth-order valence-electron chi connectivity index (χ4n) is 1.47. The molecule has 0 radical (unpaired) electrons. The van der Waals surface area contributed by atoms with Gasteiger partial charge in [-0.1, -0.05) is 0 Å². The minimum absolute atomic E-state index is 0.0727. The molecule has 1 aromatic rings. The lowest BCUT2D eigenvalue weighted by molar-refractivity contribution is 0.0692. The zero-order valence-electron chi connectivity index (χ0n) is 8.83. The number of ether oxygens (including phenoxy) is 2. The summed E-state index contributed by atoms with van der Waals surface area (Å²) in [5, 5.41) is 9.01. The summed E-state index contributed by atoms with van der Waals surface area (Å²) in [4.78, 5) is 11.0. The van der Waals surface area contributed by atoms with Crippen LogP contribution in [0.4, 0.5) is 5.69 Å². The molecule has 0 aliphatic rings. The minimum atomic E-state index is -1.07. The summed E-state index contributed by atoms with van der Waals surface area (Å²) in [6.07, 6.45) is 0. The quantitative estimate of drug-likeness (QED) is 0.736. The first kappa shape index (κ1) is 11.2. The van der Waals surface area contributed by atoms with Gasteiger partial charge in [0.25, 0.3) is 0 Å². The van der Waals surface area contributed by atoms with Crippen LogP contribution in [0.1, 0.15) is 15.9 Å². The van der Waals surface area contributed by atoms with Crippen molar-refractivity contribution >= 4 is 11.7 Å². The minimum Gasteiger partial charge on any atom is -0.492 e. The molecule has 0 amide bonds. The summed E-state index contributed by atoms with van der Waals surface area (Å²) in [5.41, 5.74) is 6.65. The van der Waals surface area contributed by atoms with Crippen LogP contribution < -0.4 is 15.2 Å². The molecule has 0 bridgehead atoms. The maximum atomic E-state index is 11.0. The molecule has 0 aliphatic heterocycles. The predicted molar refractivity (Wildman–Crippen MR) is 55.7 cm³/mol. The molecule has 0 saturated heterocycles. The third-order valence-electron chi connectivity index (χ3n) is 2.08. The molecule has 0 fully saturated rings. The Morgan fingerprint density at radius 2 is 1.87 bits per heavy atom. The number of carbonyl (C=O) groups is 1. The van der Waals surface area contributed by atoms with Gasteiger partial charge in [-0.25, -0.2) is 4.79 Å². The first-order valence-electron chi connectivity index (χ1n) is 4.27. The highest BCUT2D eigenvalue weighted by Gasteiger charge is 2.21. The summed E-state index contributed by atoms with van der Waals surface area (Å²) in [6, 6.07) is 1.55. The van der Waals surface area contributed by atoms with Gasteiger partial charge in [0, 0.05) is 0 Å². The Kier molecular flexibility index (Phi) is 3.04. The van der Waals surface area contributed by atoms with Crippen LogP contribution in [-0.4, -0.2) is 25.3 Å². The van der Waals surface area contributed by atoms with Gasteiger partial charge in [-0.3, -0.25) is 0 Å². The van der Waals surface area contributed by atoms with Crippen LogP contribution in [0.2, 0.25) is 0 Å². The van der Waals surface area contributed by atoms with E-state index in [1.807, 2.05) is 0 Å². The van der Waals surface area contributed by atoms with Crippen LogP contribution in [0.5, 0.6) is 11.5 Å². The second-order valence-corrected chi connectivity index (χ2v) is 3.03. The summed E-state index contributed by atoms with van der Waals surface area (Å²) >= 11 is 0. The van der Waals surface area contributed by atoms with Crippen LogP contribution >= 0.6 is 0 Å². The van der Waals surface area contributed by atoms with Gasteiger partial charge < -0.3 is 20.3 Å². The first-order valence-corrected chi connectivity index (χ1v) is 4.27. The van der Waals surface area contributed by atoms with E-state index in [1.165, 1.54) is 14.2 Å². The average Bonchev–Trinajstić information content (AvgIpc) is 2.15. The normalized spacial score (nSPS) is 9.80. The first-order chi connectivity index (χ1) is 7.02. The molecule has 1 rings (SSSR count). The van der Waals surface area contributed by atoms with Gasteiger partial charge in [0.2, 0.25) is 0 Å². The van der Waals surface area contributed by atoms with E-state index >= 15 is 0 Å². The number of hydrogen-bond donors (Lipinski definition) is 2. The summed E-state index contributed by atoms with van der Waals surface area (Å²) in [5.74, 6) is -0.661. The van der Waals surface area contributed by atoms with Crippen LogP contribution in [0.15, 0.2) is 6.07 Å². The lowest BCUT2D eigenvalue weighted by atomic mass is 10.1. The topological polar surface area (TPSA) is 81.8 Å². The zero-order chi connectivity index (χ0) is 11.6. The Balaban J connectivity index is 3.56. The molecule has 15 heavy (non-hydrogen) atoms. The van der Waals surface area contributed by atoms with Gasteiger partial charge in [-0.2, -0.15) is 0 Å². The molecule has 0 saturated carbocycles. The van der Waals surface area contributed by atoms with Gasteiger partial charge in [-0.05, 0) is 18.6 Å². The maximum absolute atomic E-state index is 11.0. The van der Waals surface area contributed by atoms with E-state index in [0.29, 0.717) is 11.3 Å². The van der Waals surface area contributed by atoms with Crippen molar-refractivity contribution in [3.63, 3.8) is 0 Å². The average molecular weight is 211 g/mol. The standard InChI is InChI=1S/C10H13NO4/c1-5-4-6(11)8(14-2)9(15-3)7(5)10(12)13/h4H,11H2,1-3H3,(H,12,13). The number of carboxylic acid groups (broad SMARTS) is 1. The third kappa shape index (κ3) is 1.81. The summed E-state index contributed by atoms with van der Waals surface area (Å²) in [7, 11) is 2.79. The molecule has 1 aromatic carbocycles. The number of rotatable bonds is 3. The second-order valence-electron chi connectivity index (χ2n) is 3.03. The molecular weight excluding hydrogens is 198 g/mol. The Morgan fingerprint density at radius 1 is 1.33 bits per heavy atom. The van der Waals surface area contributed by atoms with Crippen molar-refractivity contribution in [2.75, 3.05) is 20.0 Å². The zero-order valence-corrected chi connectivity index (χ0v) is 8.83. The number of methoxy groups -OCH3 is 2. The molecule has 5 nitrogen and oxygen atoms in total. The van der Waals surface area contributed by atoms with Crippen molar-refractivity contribution in [3.05, 3.63) is 17.2 Å². The summed E-state index contributed by atoms with van der Waals surface area (Å²) in [6.45, 7) is 1.65. The number of aryl methyl sites for hydroxylation is 1. The predicted octanol–water partition coefficient (Wildman–Crippen LogP) is 1.29. The van der Waals surface area contributed by atoms with Crippen molar-refractivity contribution < 1.29 is 19.4 Å². The second kappa shape index (κ2) is 4.08. The number of nitrogens with two attached hydrogens (primary N) is 1. The number of anilines is 1. The highest BCUT2D eigenvalue weighted by atomic mass is 16.5. The number of benzene rings is 1. The fraction of sp³-hybridized carbons (Fsp3) is 0.300. The Hall–Kier alpha value is -1.91. The monoisotopic (exact) mass is 211 g/mol. The molecular formula is C10H13NO4. The van der Waals surface area contributed by atoms with Gasteiger partial charge in [0.05, 0.1) is 19.9 Å². The lowest BCUT2D eigenvalue weighted by Crippen LogP contribution is -2.07. The largest absolute Gasteiger partial charge is 0.492 e. The molecule has 0 spiro atoms. The fourth-order valence-corrected chi connectivity index (χ4v) is 1.47. The van der Waals surface area contributed by atoms with E-state index < -0.39 is 5.97 Å². The molecule has 82 valence electrons. The van der Waals surface area contributed by atoms with Gasteiger partial charge >= 0.3 is 5.97 Å². The van der Waals surface area contributed by atoms with Crippen LogP contribution in [0, 0.1) is 6.92 Å². The number of hydrogen-bond acceptors (Lipinski definition) is 4. The van der Waals surface area contributed by atoms with E-state index in [2.05, 4.69) is 0 Å². The van der Waals surface area contributed by atoms with Crippen molar-refractivity contribution in [1.29, 1.82) is 0 Å². The maximum Gasteiger partial charge on any atom is 0.339 e. The molecule has 5 heteroatoms. The molecule has 0 atom stereocenters. The van der Waals surface area contributed by atoms with Crippen molar-refractivity contribution in [3.8, 4) is 11.5 Å². The van der Waals surface area contributed by atoms with E-state index in [4.69, 9.17) is 20.3 Å². The molecule has 3 N–H and O–H groups in total. The summed E-state index contributed by atoms with van der Waals surface area (Å²) < 4.78 is 10.0. The molecule has 0 heterocycles. The highest BCUT2D eigenvalue weighted by Crippen LogP contribution is 2.38. The smallest absolute Gasteiger partial charge is 0.339 e. The molecule has 0 unspecified atom stereocenters. The Bertz CT molecular complexity index is 401. The lowest BCUT2D eigenvalue weighted by Gasteiger charge is -2.14. The van der Waals surface area contributed by atoms with Gasteiger partial charge in [0.15, 0.2) is 11.5 Å². The SMILES string of the molecule is COc1c(N)cc(C)c(C(=O)O)c1OC. The van der Waals surface area contributed by atoms with Crippen molar-refractivity contribution in [1.82, 2.24) is 0 Å². The van der Waals surface area contributed by atoms with Crippen LogP contribution in [0.3, 0.4) is 0 Å². The number of aromatic carboxylic acids is 1.